The van der Waals surface area contributed by atoms with E-state index in [9.17, 15) is 14.3 Å². The summed E-state index contributed by atoms with van der Waals surface area (Å²) in [5.41, 5.74) is 1.32. The summed E-state index contributed by atoms with van der Waals surface area (Å²) in [6.45, 7) is 0.424. The summed E-state index contributed by atoms with van der Waals surface area (Å²) in [6, 6.07) is 6.84. The van der Waals surface area contributed by atoms with E-state index in [-0.39, 0.29) is 17.4 Å². The molecule has 0 saturated carbocycles. The summed E-state index contributed by atoms with van der Waals surface area (Å²) in [5.74, 6) is -0.554. The second kappa shape index (κ2) is 5.48. The first-order chi connectivity index (χ1) is 11.6. The minimum Gasteiger partial charge on any atom is -0.508 e. The molecule has 0 radical (unpaired) electrons. The summed E-state index contributed by atoms with van der Waals surface area (Å²) in [4.78, 5) is 12.5. The Balaban J connectivity index is 1.64. The van der Waals surface area contributed by atoms with E-state index < -0.39 is 11.7 Å². The van der Waals surface area contributed by atoms with Crippen LogP contribution in [0.3, 0.4) is 0 Å². The number of amides is 1. The highest BCUT2D eigenvalue weighted by Gasteiger charge is 2.25. The van der Waals surface area contributed by atoms with Gasteiger partial charge in [-0.2, -0.15) is 15.4 Å². The molecule has 4 rings (SSSR count). The Morgan fingerprint density at radius 3 is 2.92 bits per heavy atom. The Morgan fingerprint density at radius 2 is 2.08 bits per heavy atom. The molecule has 1 atom stereocenters. The first-order valence-electron chi connectivity index (χ1n) is 7.38. The van der Waals surface area contributed by atoms with Crippen LogP contribution in [0.1, 0.15) is 28.4 Å². The maximum Gasteiger partial charge on any atom is 0.254 e. The third-order valence-corrected chi connectivity index (χ3v) is 3.99. The zero-order chi connectivity index (χ0) is 16.7. The number of aromatic amines is 1. The van der Waals surface area contributed by atoms with E-state index in [4.69, 9.17) is 4.74 Å². The van der Waals surface area contributed by atoms with Crippen molar-refractivity contribution >= 4 is 16.9 Å². The number of hydrogen-bond donors (Lipinski definition) is 3. The average Bonchev–Trinajstić information content (AvgIpc) is 3.01. The third kappa shape index (κ3) is 2.41. The topological polar surface area (TPSA) is 100 Å². The van der Waals surface area contributed by atoms with Crippen LogP contribution >= 0.6 is 0 Å². The van der Waals surface area contributed by atoms with Gasteiger partial charge in [-0.25, -0.2) is 4.39 Å². The van der Waals surface area contributed by atoms with Crippen LogP contribution < -0.4 is 10.1 Å². The van der Waals surface area contributed by atoms with Crippen LogP contribution in [0.15, 0.2) is 30.3 Å². The van der Waals surface area contributed by atoms with Gasteiger partial charge in [0.05, 0.1) is 18.2 Å². The number of aromatic nitrogens is 3. The number of fused-ring (bicyclic) bond motifs is 2. The summed E-state index contributed by atoms with van der Waals surface area (Å²) in [5, 5.41) is 22.5. The Morgan fingerprint density at radius 1 is 1.29 bits per heavy atom. The van der Waals surface area contributed by atoms with Gasteiger partial charge < -0.3 is 15.2 Å². The molecule has 3 aromatic rings. The zero-order valence-corrected chi connectivity index (χ0v) is 12.4. The minimum atomic E-state index is -0.669. The zero-order valence-electron chi connectivity index (χ0n) is 12.4. The summed E-state index contributed by atoms with van der Waals surface area (Å²) < 4.78 is 19.7. The number of carbonyl (C=O) groups is 1. The molecule has 0 unspecified atom stereocenters. The highest BCUT2D eigenvalue weighted by Crippen LogP contribution is 2.34. The van der Waals surface area contributed by atoms with Crippen molar-refractivity contribution in [3.05, 3.63) is 47.3 Å². The highest BCUT2D eigenvalue weighted by atomic mass is 19.1. The maximum absolute atomic E-state index is 14.2. The van der Waals surface area contributed by atoms with Crippen LogP contribution in [0.4, 0.5) is 4.39 Å². The number of aromatic hydroxyl groups is 1. The van der Waals surface area contributed by atoms with Gasteiger partial charge in [-0.3, -0.25) is 4.79 Å². The standard InChI is InChI=1S/C16H13FN4O3/c17-11-7-14-13(19-21-20-14)6-9(11)16(23)18-12-3-4-24-15-2-1-8(22)5-10(12)15/h1-2,5-7,12,22H,3-4H2,(H,18,23)(H,19,20,21)/t12-/m1/s1. The molecule has 1 aromatic heterocycles. The Bertz CT molecular complexity index is 940. The van der Waals surface area contributed by atoms with Crippen molar-refractivity contribution in [3.63, 3.8) is 0 Å². The number of rotatable bonds is 2. The molecule has 0 bridgehead atoms. The molecule has 24 heavy (non-hydrogen) atoms. The summed E-state index contributed by atoms with van der Waals surface area (Å²) in [7, 11) is 0. The monoisotopic (exact) mass is 328 g/mol. The second-order valence-electron chi connectivity index (χ2n) is 5.53. The molecule has 1 aliphatic rings. The smallest absolute Gasteiger partial charge is 0.254 e. The molecular weight excluding hydrogens is 315 g/mol. The maximum atomic E-state index is 14.2. The van der Waals surface area contributed by atoms with Gasteiger partial charge in [0.2, 0.25) is 0 Å². The van der Waals surface area contributed by atoms with Crippen molar-refractivity contribution in [3.8, 4) is 11.5 Å². The number of nitrogens with zero attached hydrogens (tertiary/aromatic N) is 2. The van der Waals surface area contributed by atoms with Crippen molar-refractivity contribution in [2.45, 2.75) is 12.5 Å². The van der Waals surface area contributed by atoms with Crippen molar-refractivity contribution in [2.75, 3.05) is 6.61 Å². The Hall–Kier alpha value is -3.16. The molecule has 0 fully saturated rings. The van der Waals surface area contributed by atoms with Gasteiger partial charge in [0, 0.05) is 18.1 Å². The molecule has 1 aliphatic heterocycles. The predicted molar refractivity (Wildman–Crippen MR) is 82.3 cm³/mol. The third-order valence-electron chi connectivity index (χ3n) is 3.99. The average molecular weight is 328 g/mol. The second-order valence-corrected chi connectivity index (χ2v) is 5.53. The summed E-state index contributed by atoms with van der Waals surface area (Å²) in [6.07, 6.45) is 0.524. The number of phenolic OH excluding ortho intramolecular Hbond substituents is 1. The number of ether oxygens (including phenoxy) is 1. The van der Waals surface area contributed by atoms with Crippen LogP contribution in [0, 0.1) is 5.82 Å². The number of halogens is 1. The molecule has 2 heterocycles. The number of benzene rings is 2. The number of hydrogen-bond acceptors (Lipinski definition) is 5. The van der Waals surface area contributed by atoms with Crippen LogP contribution in [-0.2, 0) is 0 Å². The Kier molecular flexibility index (Phi) is 3.30. The lowest BCUT2D eigenvalue weighted by Gasteiger charge is -2.26. The van der Waals surface area contributed by atoms with E-state index in [1.807, 2.05) is 0 Å². The molecule has 1 amide bonds. The lowest BCUT2D eigenvalue weighted by Crippen LogP contribution is -2.32. The van der Waals surface area contributed by atoms with Gasteiger partial charge in [0.1, 0.15) is 28.3 Å². The number of nitrogens with one attached hydrogen (secondary N) is 2. The molecule has 0 spiro atoms. The molecule has 3 N–H and O–H groups in total. The minimum absolute atomic E-state index is 0.0775. The SMILES string of the molecule is O=C(N[C@@H]1CCOc2ccc(O)cc21)c1cc2n[nH]nc2cc1F. The van der Waals surface area contributed by atoms with E-state index >= 15 is 0 Å². The van der Waals surface area contributed by atoms with E-state index in [2.05, 4.69) is 20.7 Å². The van der Waals surface area contributed by atoms with Crippen LogP contribution in [0.5, 0.6) is 11.5 Å². The van der Waals surface area contributed by atoms with Gasteiger partial charge in [-0.05, 0) is 24.3 Å². The van der Waals surface area contributed by atoms with Gasteiger partial charge >= 0.3 is 0 Å². The van der Waals surface area contributed by atoms with Gasteiger partial charge in [0.25, 0.3) is 5.91 Å². The van der Waals surface area contributed by atoms with Gasteiger partial charge in [-0.1, -0.05) is 0 Å². The normalized spacial score (nSPS) is 16.5. The quantitative estimate of drug-likeness (QED) is 0.668. The first kappa shape index (κ1) is 14.4. The number of phenols is 1. The van der Waals surface area contributed by atoms with E-state index in [1.165, 1.54) is 18.2 Å². The van der Waals surface area contributed by atoms with Crippen molar-refractivity contribution < 1.29 is 19.0 Å². The number of H-pyrrole nitrogens is 1. The fourth-order valence-electron chi connectivity index (χ4n) is 2.80. The summed E-state index contributed by atoms with van der Waals surface area (Å²) >= 11 is 0. The lowest BCUT2D eigenvalue weighted by molar-refractivity contribution is 0.0920. The molecule has 7 nitrogen and oxygen atoms in total. The van der Waals surface area contributed by atoms with E-state index in [1.54, 1.807) is 6.07 Å². The fraction of sp³-hybridized carbons (Fsp3) is 0.188. The van der Waals surface area contributed by atoms with Crippen LogP contribution in [0.2, 0.25) is 0 Å². The van der Waals surface area contributed by atoms with Gasteiger partial charge in [-0.15, -0.1) is 0 Å². The molecule has 8 heteroatoms. The first-order valence-corrected chi connectivity index (χ1v) is 7.38. The van der Waals surface area contributed by atoms with Crippen molar-refractivity contribution in [1.29, 1.82) is 0 Å². The largest absolute Gasteiger partial charge is 0.508 e. The van der Waals surface area contributed by atoms with Crippen molar-refractivity contribution in [1.82, 2.24) is 20.7 Å². The Labute approximate surface area is 135 Å². The number of carbonyl (C=O) groups excluding carboxylic acids is 1. The van der Waals surface area contributed by atoms with Crippen LogP contribution in [-0.4, -0.2) is 33.0 Å². The molecule has 122 valence electrons. The fourth-order valence-corrected chi connectivity index (χ4v) is 2.80. The highest BCUT2D eigenvalue weighted by molar-refractivity contribution is 5.97. The molecule has 0 saturated heterocycles. The van der Waals surface area contributed by atoms with E-state index in [0.29, 0.717) is 35.4 Å². The molecule has 0 aliphatic carbocycles. The lowest BCUT2D eigenvalue weighted by atomic mass is 9.99. The van der Waals surface area contributed by atoms with E-state index in [0.717, 1.165) is 6.07 Å². The van der Waals surface area contributed by atoms with Crippen LogP contribution in [0.25, 0.3) is 11.0 Å². The van der Waals surface area contributed by atoms with Crippen molar-refractivity contribution in [2.24, 2.45) is 0 Å². The van der Waals surface area contributed by atoms with Gasteiger partial charge in [0.15, 0.2) is 0 Å². The predicted octanol–water partition coefficient (Wildman–Crippen LogP) is 2.06. The molecular formula is C16H13FN4O3. The molecule has 2 aromatic carbocycles.